The van der Waals surface area contributed by atoms with Crippen molar-refractivity contribution in [1.82, 2.24) is 10.2 Å². The third-order valence-electron chi connectivity index (χ3n) is 3.66. The molecule has 2 aromatic rings. The summed E-state index contributed by atoms with van der Waals surface area (Å²) in [5, 5.41) is 13.5. The van der Waals surface area contributed by atoms with Gasteiger partial charge in [0.1, 0.15) is 0 Å². The van der Waals surface area contributed by atoms with E-state index in [-0.39, 0.29) is 5.75 Å². The summed E-state index contributed by atoms with van der Waals surface area (Å²) in [6.07, 6.45) is 0. The molecule has 0 bridgehead atoms. The Balaban J connectivity index is 2.13. The highest BCUT2D eigenvalue weighted by Crippen LogP contribution is 2.29. The van der Waals surface area contributed by atoms with Crippen molar-refractivity contribution < 1.29 is 9.84 Å². The summed E-state index contributed by atoms with van der Waals surface area (Å²) < 4.78 is 5.14. The Morgan fingerprint density at radius 2 is 1.92 bits per heavy atom. The molecule has 0 radical (unpaired) electrons. The summed E-state index contributed by atoms with van der Waals surface area (Å²) >= 11 is 0. The van der Waals surface area contributed by atoms with Crippen LogP contribution in [0.3, 0.4) is 0 Å². The number of nitrogens with zero attached hydrogens (tertiary/aromatic N) is 2. The molecule has 5 nitrogen and oxygen atoms in total. The Hall–Kier alpha value is -2.69. The minimum absolute atomic E-state index is 0.144. The van der Waals surface area contributed by atoms with Crippen LogP contribution in [0, 0.1) is 0 Å². The molecule has 5 heteroatoms. The largest absolute Gasteiger partial charge is 0.504 e. The Morgan fingerprint density at radius 3 is 2.58 bits per heavy atom. The van der Waals surface area contributed by atoms with Gasteiger partial charge < -0.3 is 20.1 Å². The number of guanidine groups is 1. The smallest absolute Gasteiger partial charge is 0.194 e. The Labute approximate surface area is 143 Å². The minimum atomic E-state index is 0.144. The number of aromatic hydroxyl groups is 1. The van der Waals surface area contributed by atoms with Crippen LogP contribution in [0.25, 0.3) is 0 Å². The molecule has 0 unspecified atom stereocenters. The molecule has 0 saturated carbocycles. The maximum atomic E-state index is 10.2. The predicted molar refractivity (Wildman–Crippen MR) is 97.4 cm³/mol. The Kier molecular flexibility index (Phi) is 6.49. The molecule has 2 rings (SSSR count). The van der Waals surface area contributed by atoms with E-state index in [0.717, 1.165) is 24.6 Å². The van der Waals surface area contributed by atoms with Crippen LogP contribution >= 0.6 is 0 Å². The van der Waals surface area contributed by atoms with Gasteiger partial charge in [-0.15, -0.1) is 0 Å². The molecule has 0 aliphatic carbocycles. The van der Waals surface area contributed by atoms with Crippen LogP contribution in [0.5, 0.6) is 11.5 Å². The van der Waals surface area contributed by atoms with Crippen LogP contribution in [-0.4, -0.2) is 36.7 Å². The third kappa shape index (κ3) is 4.65. The van der Waals surface area contributed by atoms with Gasteiger partial charge in [-0.3, -0.25) is 0 Å². The number of hydrogen-bond acceptors (Lipinski definition) is 3. The van der Waals surface area contributed by atoms with Crippen LogP contribution < -0.4 is 10.1 Å². The second-order valence-corrected chi connectivity index (χ2v) is 5.48. The number of hydrogen-bond donors (Lipinski definition) is 2. The summed E-state index contributed by atoms with van der Waals surface area (Å²) in [4.78, 5) is 6.70. The van der Waals surface area contributed by atoms with Gasteiger partial charge in [-0.2, -0.15) is 0 Å². The van der Waals surface area contributed by atoms with Gasteiger partial charge in [0.2, 0.25) is 0 Å². The van der Waals surface area contributed by atoms with Gasteiger partial charge in [0.25, 0.3) is 0 Å². The molecule has 0 aliphatic rings. The van der Waals surface area contributed by atoms with Crippen molar-refractivity contribution >= 4 is 5.96 Å². The fourth-order valence-corrected chi connectivity index (χ4v) is 2.42. The van der Waals surface area contributed by atoms with E-state index in [1.165, 1.54) is 5.56 Å². The van der Waals surface area contributed by atoms with Gasteiger partial charge in [-0.1, -0.05) is 42.5 Å². The number of aliphatic imine (C=N–C) groups is 1. The number of benzene rings is 2. The average molecular weight is 327 g/mol. The summed E-state index contributed by atoms with van der Waals surface area (Å²) in [6.45, 7) is 3.96. The van der Waals surface area contributed by atoms with E-state index in [9.17, 15) is 5.11 Å². The lowest BCUT2D eigenvalue weighted by Crippen LogP contribution is -2.38. The van der Waals surface area contributed by atoms with Gasteiger partial charge in [-0.25, -0.2) is 4.99 Å². The monoisotopic (exact) mass is 327 g/mol. The number of ether oxygens (including phenoxy) is 1. The van der Waals surface area contributed by atoms with Crippen LogP contribution in [0.1, 0.15) is 18.1 Å². The van der Waals surface area contributed by atoms with Crippen molar-refractivity contribution in [2.24, 2.45) is 4.99 Å². The zero-order valence-corrected chi connectivity index (χ0v) is 14.5. The van der Waals surface area contributed by atoms with Gasteiger partial charge in [-0.05, 0) is 18.6 Å². The molecule has 0 heterocycles. The number of nitrogens with one attached hydrogen (secondary N) is 1. The second-order valence-electron chi connectivity index (χ2n) is 5.48. The average Bonchev–Trinajstić information content (AvgIpc) is 2.60. The Bertz CT molecular complexity index is 672. The highest BCUT2D eigenvalue weighted by molar-refractivity contribution is 5.79. The first-order valence-electron chi connectivity index (χ1n) is 8.04. The minimum Gasteiger partial charge on any atom is -0.504 e. The highest BCUT2D eigenvalue weighted by atomic mass is 16.5. The topological polar surface area (TPSA) is 57.1 Å². The van der Waals surface area contributed by atoms with Crippen molar-refractivity contribution in [2.75, 3.05) is 20.7 Å². The molecule has 2 N–H and O–H groups in total. The summed E-state index contributed by atoms with van der Waals surface area (Å²) in [5.41, 5.74) is 1.95. The zero-order chi connectivity index (χ0) is 17.4. The van der Waals surface area contributed by atoms with Crippen molar-refractivity contribution in [2.45, 2.75) is 20.0 Å². The van der Waals surface area contributed by atoms with E-state index in [0.29, 0.717) is 12.3 Å². The number of para-hydroxylation sites is 1. The zero-order valence-electron chi connectivity index (χ0n) is 14.5. The second kappa shape index (κ2) is 8.82. The lowest BCUT2D eigenvalue weighted by atomic mass is 10.2. The van der Waals surface area contributed by atoms with E-state index in [1.807, 2.05) is 44.3 Å². The van der Waals surface area contributed by atoms with Crippen LogP contribution in [0.4, 0.5) is 0 Å². The molecule has 0 atom stereocenters. The molecule has 0 aromatic heterocycles. The molecule has 0 spiro atoms. The van der Waals surface area contributed by atoms with Crippen LogP contribution in [0.2, 0.25) is 0 Å². The van der Waals surface area contributed by atoms with E-state index < -0.39 is 0 Å². The first-order chi connectivity index (χ1) is 11.7. The number of phenols is 1. The lowest BCUT2D eigenvalue weighted by Gasteiger charge is -2.22. The van der Waals surface area contributed by atoms with E-state index in [4.69, 9.17) is 4.74 Å². The predicted octanol–water partition coefficient (Wildman–Crippen LogP) is 3.00. The van der Waals surface area contributed by atoms with Crippen LogP contribution in [-0.2, 0) is 13.1 Å². The van der Waals surface area contributed by atoms with E-state index in [2.05, 4.69) is 27.3 Å². The molecular formula is C19H25N3O2. The summed E-state index contributed by atoms with van der Waals surface area (Å²) in [5.74, 6) is 1.40. The quantitative estimate of drug-likeness (QED) is 0.632. The number of methoxy groups -OCH3 is 1. The van der Waals surface area contributed by atoms with E-state index in [1.54, 1.807) is 13.2 Å². The maximum Gasteiger partial charge on any atom is 0.194 e. The highest BCUT2D eigenvalue weighted by Gasteiger charge is 2.09. The SMILES string of the molecule is CCNC(=NCc1cccc(OC)c1O)N(C)Cc1ccccc1. The summed E-state index contributed by atoms with van der Waals surface area (Å²) in [7, 11) is 3.54. The number of rotatable bonds is 6. The first kappa shape index (κ1) is 17.7. The molecule has 24 heavy (non-hydrogen) atoms. The fraction of sp³-hybridized carbons (Fsp3) is 0.316. The van der Waals surface area contributed by atoms with Crippen LogP contribution in [0.15, 0.2) is 53.5 Å². The number of phenolic OH excluding ortho intramolecular Hbond substituents is 1. The normalized spacial score (nSPS) is 11.2. The molecule has 0 saturated heterocycles. The maximum absolute atomic E-state index is 10.2. The van der Waals surface area contributed by atoms with Gasteiger partial charge in [0.15, 0.2) is 17.5 Å². The first-order valence-corrected chi connectivity index (χ1v) is 8.04. The molecule has 0 aliphatic heterocycles. The molecular weight excluding hydrogens is 302 g/mol. The standard InChI is InChI=1S/C19H25N3O2/c1-4-20-19(22(2)14-15-9-6-5-7-10-15)21-13-16-11-8-12-17(24-3)18(16)23/h5-12,23H,4,13-14H2,1-3H3,(H,20,21). The van der Waals surface area contributed by atoms with Gasteiger partial charge in [0, 0.05) is 25.7 Å². The van der Waals surface area contributed by atoms with Gasteiger partial charge in [0.05, 0.1) is 13.7 Å². The van der Waals surface area contributed by atoms with Crippen molar-refractivity contribution in [3.8, 4) is 11.5 Å². The summed E-state index contributed by atoms with van der Waals surface area (Å²) in [6, 6.07) is 15.7. The fourth-order valence-electron chi connectivity index (χ4n) is 2.42. The van der Waals surface area contributed by atoms with Gasteiger partial charge >= 0.3 is 0 Å². The molecule has 0 fully saturated rings. The lowest BCUT2D eigenvalue weighted by molar-refractivity contribution is 0.370. The Morgan fingerprint density at radius 1 is 1.17 bits per heavy atom. The molecule has 128 valence electrons. The van der Waals surface area contributed by atoms with Crippen molar-refractivity contribution in [3.05, 3.63) is 59.7 Å². The van der Waals surface area contributed by atoms with Crippen molar-refractivity contribution in [3.63, 3.8) is 0 Å². The third-order valence-corrected chi connectivity index (χ3v) is 3.66. The van der Waals surface area contributed by atoms with E-state index >= 15 is 0 Å². The van der Waals surface area contributed by atoms with Crippen molar-refractivity contribution in [1.29, 1.82) is 0 Å². The molecule has 2 aromatic carbocycles. The molecule has 0 amide bonds.